The van der Waals surface area contributed by atoms with Crippen molar-refractivity contribution >= 4 is 55.6 Å². The van der Waals surface area contributed by atoms with Gasteiger partial charge in [0.05, 0.1) is 10.8 Å². The van der Waals surface area contributed by atoms with Crippen LogP contribution in [0, 0.1) is 5.92 Å². The Kier molecular flexibility index (Phi) is 11.4. The second-order valence-electron chi connectivity index (χ2n) is 12.4. The van der Waals surface area contributed by atoms with Gasteiger partial charge in [-0.05, 0) is 82.7 Å². The lowest BCUT2D eigenvalue weighted by atomic mass is 10.0. The third kappa shape index (κ3) is 9.26. The number of carboxylic acid groups (broad SMARTS) is 1. The SMILES string of the molecule is CC(C)(C)OC(=O)C(CNC(=O)CCCCc1ccc2c(n1)N(C(=O)O)CCC2)NC(=O)C1CN(S(=O)(=O)c2cccc(Br)c2)C1. The lowest BCUT2D eigenvalue weighted by Crippen LogP contribution is -2.59. The highest BCUT2D eigenvalue weighted by Gasteiger charge is 2.42. The van der Waals surface area contributed by atoms with Gasteiger partial charge in [0.1, 0.15) is 17.5 Å². The Labute approximate surface area is 277 Å². The summed E-state index contributed by atoms with van der Waals surface area (Å²) >= 11 is 3.27. The molecule has 15 heteroatoms. The van der Waals surface area contributed by atoms with Crippen molar-refractivity contribution in [2.75, 3.05) is 31.1 Å². The summed E-state index contributed by atoms with van der Waals surface area (Å²) in [6.07, 6.45) is 2.42. The standard InChI is InChI=1S/C31H40BrN5O8S/c1-31(2,3)45-29(40)25(35-28(39)21-18-36(19-21)46(43,44)24-11-6-9-22(32)16-24)17-33-26(38)12-5-4-10-23-14-13-20-8-7-15-37(30(41)42)27(20)34-23/h6,9,11,13-14,16,21,25H,4-5,7-8,10,12,15,17-19H2,1-3H3,(H,33,38)(H,35,39)(H,41,42). The second kappa shape index (κ2) is 14.9. The predicted octanol–water partition coefficient (Wildman–Crippen LogP) is 3.25. The molecule has 1 fully saturated rings. The summed E-state index contributed by atoms with van der Waals surface area (Å²) < 4.78 is 33.1. The number of aryl methyl sites for hydroxylation is 2. The number of sulfonamides is 1. The fourth-order valence-electron chi connectivity index (χ4n) is 5.13. The molecule has 3 heterocycles. The number of aromatic nitrogens is 1. The quantitative estimate of drug-likeness (QED) is 0.220. The molecule has 1 atom stereocenters. The molecule has 4 rings (SSSR count). The molecule has 0 saturated carbocycles. The molecule has 1 saturated heterocycles. The number of halogens is 1. The first-order valence-corrected chi connectivity index (χ1v) is 17.4. The minimum absolute atomic E-state index is 0.0402. The van der Waals surface area contributed by atoms with E-state index < -0.39 is 45.6 Å². The molecule has 2 aromatic rings. The molecule has 3 N–H and O–H groups in total. The monoisotopic (exact) mass is 721 g/mol. The van der Waals surface area contributed by atoms with Gasteiger partial charge < -0.3 is 20.5 Å². The molecule has 0 radical (unpaired) electrons. The van der Waals surface area contributed by atoms with Gasteiger partial charge in [-0.25, -0.2) is 23.0 Å². The van der Waals surface area contributed by atoms with Crippen LogP contribution < -0.4 is 15.5 Å². The smallest absolute Gasteiger partial charge is 0.413 e. The Morgan fingerprint density at radius 2 is 1.87 bits per heavy atom. The molecule has 1 aromatic heterocycles. The van der Waals surface area contributed by atoms with Crippen molar-refractivity contribution in [3.8, 4) is 0 Å². The number of benzene rings is 1. The molecule has 0 bridgehead atoms. The van der Waals surface area contributed by atoms with Crippen molar-refractivity contribution in [3.05, 3.63) is 52.1 Å². The number of hydrogen-bond acceptors (Lipinski definition) is 8. The first-order valence-electron chi connectivity index (χ1n) is 15.2. The maximum absolute atomic E-state index is 13.0. The van der Waals surface area contributed by atoms with E-state index in [1.807, 2.05) is 12.1 Å². The number of unbranched alkanes of at least 4 members (excludes halogenated alkanes) is 1. The average molecular weight is 723 g/mol. The molecular weight excluding hydrogens is 682 g/mol. The van der Waals surface area contributed by atoms with Gasteiger partial charge in [0, 0.05) is 42.8 Å². The molecular formula is C31H40BrN5O8S. The van der Waals surface area contributed by atoms with Crippen LogP contribution in [-0.4, -0.2) is 84.5 Å². The van der Waals surface area contributed by atoms with Gasteiger partial charge in [-0.1, -0.05) is 28.1 Å². The van der Waals surface area contributed by atoms with Crippen LogP contribution in [0.5, 0.6) is 0 Å². The van der Waals surface area contributed by atoms with Gasteiger partial charge in [-0.2, -0.15) is 4.31 Å². The number of carbonyl (C=O) groups is 4. The zero-order valence-electron chi connectivity index (χ0n) is 26.1. The van der Waals surface area contributed by atoms with Gasteiger partial charge in [0.25, 0.3) is 0 Å². The highest BCUT2D eigenvalue weighted by molar-refractivity contribution is 9.10. The van der Waals surface area contributed by atoms with Crippen molar-refractivity contribution in [2.24, 2.45) is 5.92 Å². The Bertz CT molecular complexity index is 1570. The molecule has 3 amide bonds. The van der Waals surface area contributed by atoms with E-state index in [-0.39, 0.29) is 36.9 Å². The van der Waals surface area contributed by atoms with E-state index in [4.69, 9.17) is 4.74 Å². The first-order chi connectivity index (χ1) is 21.6. The minimum atomic E-state index is -3.78. The summed E-state index contributed by atoms with van der Waals surface area (Å²) in [6.45, 7) is 5.21. The summed E-state index contributed by atoms with van der Waals surface area (Å²) in [6, 6.07) is 8.93. The third-order valence-corrected chi connectivity index (χ3v) is 9.90. The molecule has 2 aliphatic rings. The van der Waals surface area contributed by atoms with E-state index in [1.165, 1.54) is 21.3 Å². The number of nitrogens with one attached hydrogen (secondary N) is 2. The maximum atomic E-state index is 13.0. The molecule has 2 aliphatic heterocycles. The van der Waals surface area contributed by atoms with E-state index >= 15 is 0 Å². The Morgan fingerprint density at radius 1 is 1.13 bits per heavy atom. The Hall–Kier alpha value is -3.56. The van der Waals surface area contributed by atoms with Gasteiger partial charge in [-0.15, -0.1) is 0 Å². The number of fused-ring (bicyclic) bond motifs is 1. The van der Waals surface area contributed by atoms with Crippen LogP contribution >= 0.6 is 15.9 Å². The number of esters is 1. The number of hydrogen-bond donors (Lipinski definition) is 3. The topological polar surface area (TPSA) is 175 Å². The van der Waals surface area contributed by atoms with Gasteiger partial charge in [0.15, 0.2) is 0 Å². The molecule has 1 aromatic carbocycles. The van der Waals surface area contributed by atoms with Crippen LogP contribution in [0.1, 0.15) is 57.7 Å². The lowest BCUT2D eigenvalue weighted by Gasteiger charge is -2.37. The van der Waals surface area contributed by atoms with Crippen LogP contribution in [0.15, 0.2) is 45.8 Å². The van der Waals surface area contributed by atoms with Crippen LogP contribution in [0.4, 0.5) is 10.6 Å². The van der Waals surface area contributed by atoms with Crippen LogP contribution in [-0.2, 0) is 42.0 Å². The summed E-state index contributed by atoms with van der Waals surface area (Å²) in [7, 11) is -3.78. The number of pyridine rings is 1. The largest absolute Gasteiger partial charge is 0.465 e. The fourth-order valence-corrected chi connectivity index (χ4v) is 7.26. The van der Waals surface area contributed by atoms with Crippen molar-refractivity contribution < 1.29 is 37.4 Å². The number of anilines is 1. The van der Waals surface area contributed by atoms with Gasteiger partial charge in [0.2, 0.25) is 21.8 Å². The highest BCUT2D eigenvalue weighted by Crippen LogP contribution is 2.28. The number of ether oxygens (including phenoxy) is 1. The number of nitrogens with zero attached hydrogens (tertiary/aromatic N) is 3. The first kappa shape index (κ1) is 35.3. The predicted molar refractivity (Wildman–Crippen MR) is 173 cm³/mol. The number of carbonyl (C=O) groups excluding carboxylic acids is 3. The zero-order chi connectivity index (χ0) is 33.6. The number of amides is 3. The Balaban J connectivity index is 1.26. The summed E-state index contributed by atoms with van der Waals surface area (Å²) in [5, 5.41) is 14.8. The second-order valence-corrected chi connectivity index (χ2v) is 15.3. The van der Waals surface area contributed by atoms with E-state index in [0.717, 1.165) is 24.1 Å². The van der Waals surface area contributed by atoms with E-state index in [0.29, 0.717) is 36.1 Å². The molecule has 13 nitrogen and oxygen atoms in total. The molecule has 250 valence electrons. The Morgan fingerprint density at radius 3 is 2.54 bits per heavy atom. The summed E-state index contributed by atoms with van der Waals surface area (Å²) in [5.74, 6) is -1.72. The summed E-state index contributed by atoms with van der Waals surface area (Å²) in [4.78, 5) is 56.0. The lowest BCUT2D eigenvalue weighted by molar-refractivity contribution is -0.159. The van der Waals surface area contributed by atoms with Crippen molar-refractivity contribution in [2.45, 2.75) is 75.8 Å². The van der Waals surface area contributed by atoms with Crippen LogP contribution in [0.3, 0.4) is 0 Å². The van der Waals surface area contributed by atoms with Crippen molar-refractivity contribution in [1.82, 2.24) is 19.9 Å². The van der Waals surface area contributed by atoms with E-state index in [1.54, 1.807) is 32.9 Å². The maximum Gasteiger partial charge on any atom is 0.413 e. The van der Waals surface area contributed by atoms with Gasteiger partial charge in [-0.3, -0.25) is 14.5 Å². The van der Waals surface area contributed by atoms with Crippen LogP contribution in [0.2, 0.25) is 0 Å². The molecule has 0 spiro atoms. The summed E-state index contributed by atoms with van der Waals surface area (Å²) in [5.41, 5.74) is 0.823. The van der Waals surface area contributed by atoms with Crippen LogP contribution in [0.25, 0.3) is 0 Å². The van der Waals surface area contributed by atoms with E-state index in [9.17, 15) is 32.7 Å². The fraction of sp³-hybridized carbons (Fsp3) is 0.516. The number of rotatable bonds is 12. The third-order valence-electron chi connectivity index (χ3n) is 7.58. The molecule has 1 unspecified atom stereocenters. The van der Waals surface area contributed by atoms with Gasteiger partial charge >= 0.3 is 12.1 Å². The molecule has 46 heavy (non-hydrogen) atoms. The van der Waals surface area contributed by atoms with Crippen molar-refractivity contribution in [3.63, 3.8) is 0 Å². The van der Waals surface area contributed by atoms with E-state index in [2.05, 4.69) is 31.5 Å². The minimum Gasteiger partial charge on any atom is -0.465 e. The highest BCUT2D eigenvalue weighted by atomic mass is 79.9. The molecule has 0 aliphatic carbocycles. The van der Waals surface area contributed by atoms with Crippen molar-refractivity contribution in [1.29, 1.82) is 0 Å². The normalized spacial score (nSPS) is 16.1. The average Bonchev–Trinajstić information content (AvgIpc) is 2.95. The zero-order valence-corrected chi connectivity index (χ0v) is 28.5.